The summed E-state index contributed by atoms with van der Waals surface area (Å²) >= 11 is 5.49. The van der Waals surface area contributed by atoms with E-state index in [9.17, 15) is 9.90 Å². The molecule has 0 aliphatic carbocycles. The fourth-order valence-electron chi connectivity index (χ4n) is 3.30. The normalized spacial score (nSPS) is 19.8. The lowest BCUT2D eigenvalue weighted by Gasteiger charge is -2.39. The lowest BCUT2D eigenvalue weighted by Crippen LogP contribution is -2.47. The van der Waals surface area contributed by atoms with E-state index in [1.165, 1.54) is 0 Å². The number of carboxylic acids is 1. The number of methoxy groups -OCH3 is 1. The van der Waals surface area contributed by atoms with Gasteiger partial charge in [-0.05, 0) is 42.4 Å². The number of aliphatic imine (C=N–C) groups is 1. The maximum atomic E-state index is 12.2. The lowest BCUT2D eigenvalue weighted by molar-refractivity contribution is -0.141. The first kappa shape index (κ1) is 18.1. The van der Waals surface area contributed by atoms with Crippen molar-refractivity contribution in [2.75, 3.05) is 13.7 Å². The minimum Gasteiger partial charge on any atom is -0.497 e. The fourth-order valence-corrected chi connectivity index (χ4v) is 3.64. The van der Waals surface area contributed by atoms with Gasteiger partial charge in [0.15, 0.2) is 5.11 Å². The van der Waals surface area contributed by atoms with Crippen molar-refractivity contribution in [2.24, 2.45) is 10.9 Å². The predicted molar refractivity (Wildman–Crippen MR) is 105 cm³/mol. The van der Waals surface area contributed by atoms with Crippen molar-refractivity contribution in [1.82, 2.24) is 4.90 Å². The summed E-state index contributed by atoms with van der Waals surface area (Å²) in [6.07, 6.45) is 0. The van der Waals surface area contributed by atoms with E-state index in [0.717, 1.165) is 16.9 Å². The molecule has 2 unspecified atom stereocenters. The van der Waals surface area contributed by atoms with Crippen molar-refractivity contribution in [3.8, 4) is 5.75 Å². The van der Waals surface area contributed by atoms with E-state index < -0.39 is 17.9 Å². The highest BCUT2D eigenvalue weighted by molar-refractivity contribution is 7.80. The highest BCUT2D eigenvalue weighted by Gasteiger charge is 2.42. The Hall–Kier alpha value is -2.73. The van der Waals surface area contributed by atoms with Crippen molar-refractivity contribution < 1.29 is 14.6 Å². The quantitative estimate of drug-likeness (QED) is 0.818. The first-order valence-electron chi connectivity index (χ1n) is 8.38. The first-order chi connectivity index (χ1) is 12.6. The van der Waals surface area contributed by atoms with Crippen LogP contribution in [0.15, 0.2) is 59.6 Å². The molecule has 6 heteroatoms. The molecule has 1 aliphatic rings. The molecule has 0 spiro atoms. The standard InChI is InChI=1S/C20H20N2O3S/c1-3-22-18(14-9-11-15(25-2)12-10-14)16(19(23)24)17(21-20(22)26)13-7-5-4-6-8-13/h4-12,16,18H,3H2,1-2H3,(H,23,24). The molecule has 1 heterocycles. The number of nitrogens with zero attached hydrogens (tertiary/aromatic N) is 2. The zero-order chi connectivity index (χ0) is 18.7. The minimum atomic E-state index is -0.922. The summed E-state index contributed by atoms with van der Waals surface area (Å²) in [6.45, 7) is 2.52. The van der Waals surface area contributed by atoms with Crippen molar-refractivity contribution in [3.63, 3.8) is 0 Å². The topological polar surface area (TPSA) is 62.1 Å². The van der Waals surface area contributed by atoms with Crippen molar-refractivity contribution in [1.29, 1.82) is 0 Å². The van der Waals surface area contributed by atoms with Gasteiger partial charge in [0.1, 0.15) is 11.7 Å². The Kier molecular flexibility index (Phi) is 5.32. The Morgan fingerprint density at radius 1 is 1.19 bits per heavy atom. The number of ether oxygens (including phenoxy) is 1. The molecular formula is C20H20N2O3S. The highest BCUT2D eigenvalue weighted by Crippen LogP contribution is 2.36. The van der Waals surface area contributed by atoms with Crippen LogP contribution in [0.3, 0.4) is 0 Å². The van der Waals surface area contributed by atoms with Gasteiger partial charge in [-0.3, -0.25) is 4.79 Å². The van der Waals surface area contributed by atoms with Crippen LogP contribution >= 0.6 is 12.2 Å². The van der Waals surface area contributed by atoms with Gasteiger partial charge in [0.2, 0.25) is 0 Å². The Morgan fingerprint density at radius 2 is 1.85 bits per heavy atom. The van der Waals surface area contributed by atoms with Crippen molar-refractivity contribution in [3.05, 3.63) is 65.7 Å². The van der Waals surface area contributed by atoms with Gasteiger partial charge in [-0.15, -0.1) is 0 Å². The van der Waals surface area contributed by atoms with E-state index in [-0.39, 0.29) is 0 Å². The van der Waals surface area contributed by atoms with Crippen LogP contribution < -0.4 is 4.74 Å². The molecule has 0 saturated carbocycles. The molecule has 2 aromatic rings. The van der Waals surface area contributed by atoms with Gasteiger partial charge in [0.05, 0.1) is 18.9 Å². The minimum absolute atomic E-state index is 0.407. The third-order valence-corrected chi connectivity index (χ3v) is 4.87. The molecule has 0 fully saturated rings. The van der Waals surface area contributed by atoms with Crippen LogP contribution in [0.25, 0.3) is 0 Å². The van der Waals surface area contributed by atoms with E-state index in [0.29, 0.717) is 17.4 Å². The molecular weight excluding hydrogens is 348 g/mol. The molecule has 2 atom stereocenters. The monoisotopic (exact) mass is 368 g/mol. The van der Waals surface area contributed by atoms with E-state index in [1.807, 2.05) is 66.4 Å². The number of carbonyl (C=O) groups is 1. The molecule has 0 saturated heterocycles. The van der Waals surface area contributed by atoms with Crippen LogP contribution in [0.5, 0.6) is 5.75 Å². The maximum Gasteiger partial charge on any atom is 0.315 e. The summed E-state index contributed by atoms with van der Waals surface area (Å²) in [7, 11) is 1.60. The summed E-state index contributed by atoms with van der Waals surface area (Å²) in [5.74, 6) is -1.02. The Morgan fingerprint density at radius 3 is 2.38 bits per heavy atom. The van der Waals surface area contributed by atoms with Gasteiger partial charge in [-0.1, -0.05) is 42.5 Å². The maximum absolute atomic E-state index is 12.2. The van der Waals surface area contributed by atoms with Crippen LogP contribution in [0.4, 0.5) is 0 Å². The number of rotatable bonds is 5. The average Bonchev–Trinajstić information content (AvgIpc) is 2.67. The van der Waals surface area contributed by atoms with E-state index in [4.69, 9.17) is 17.0 Å². The number of thiocarbonyl (C=S) groups is 1. The largest absolute Gasteiger partial charge is 0.497 e. The van der Waals surface area contributed by atoms with Crippen molar-refractivity contribution in [2.45, 2.75) is 13.0 Å². The number of hydrogen-bond acceptors (Lipinski definition) is 3. The third-order valence-electron chi connectivity index (χ3n) is 4.54. The number of carboxylic acid groups (broad SMARTS) is 1. The molecule has 134 valence electrons. The Balaban J connectivity index is 2.14. The van der Waals surface area contributed by atoms with Gasteiger partial charge in [-0.25, -0.2) is 4.99 Å². The molecule has 0 bridgehead atoms. The second kappa shape index (κ2) is 7.66. The van der Waals surface area contributed by atoms with E-state index in [1.54, 1.807) is 7.11 Å². The fraction of sp³-hybridized carbons (Fsp3) is 0.250. The molecule has 1 aliphatic heterocycles. The summed E-state index contributed by atoms with van der Waals surface area (Å²) in [5, 5.41) is 10.4. The second-order valence-corrected chi connectivity index (χ2v) is 6.33. The molecule has 0 aromatic heterocycles. The van der Waals surface area contributed by atoms with Gasteiger partial charge < -0.3 is 14.7 Å². The summed E-state index contributed by atoms with van der Waals surface area (Å²) in [5.41, 5.74) is 2.14. The van der Waals surface area contributed by atoms with Crippen LogP contribution in [-0.4, -0.2) is 40.5 Å². The molecule has 0 amide bonds. The van der Waals surface area contributed by atoms with Crippen LogP contribution in [0, 0.1) is 5.92 Å². The SMILES string of the molecule is CCN1C(=S)N=C(c2ccccc2)C(C(=O)O)C1c1ccc(OC)cc1. The summed E-state index contributed by atoms with van der Waals surface area (Å²) in [4.78, 5) is 18.6. The Bertz CT molecular complexity index is 834. The zero-order valence-electron chi connectivity index (χ0n) is 14.6. The summed E-state index contributed by atoms with van der Waals surface area (Å²) in [6, 6.07) is 16.4. The molecule has 26 heavy (non-hydrogen) atoms. The molecule has 2 aromatic carbocycles. The molecule has 3 rings (SSSR count). The van der Waals surface area contributed by atoms with Crippen molar-refractivity contribution >= 4 is 29.0 Å². The van der Waals surface area contributed by atoms with Gasteiger partial charge in [-0.2, -0.15) is 0 Å². The molecule has 0 radical (unpaired) electrons. The zero-order valence-corrected chi connectivity index (χ0v) is 15.4. The van der Waals surface area contributed by atoms with Crippen LogP contribution in [0.1, 0.15) is 24.1 Å². The van der Waals surface area contributed by atoms with Gasteiger partial charge >= 0.3 is 5.97 Å². The third kappa shape index (κ3) is 3.32. The smallest absolute Gasteiger partial charge is 0.315 e. The average molecular weight is 368 g/mol. The first-order valence-corrected chi connectivity index (χ1v) is 8.79. The predicted octanol–water partition coefficient (Wildman–Crippen LogP) is 3.55. The van der Waals surface area contributed by atoms with Gasteiger partial charge in [0, 0.05) is 6.54 Å². The van der Waals surface area contributed by atoms with Crippen LogP contribution in [0.2, 0.25) is 0 Å². The summed E-state index contributed by atoms with van der Waals surface area (Å²) < 4.78 is 5.22. The molecule has 1 N–H and O–H groups in total. The Labute approximate surface area is 157 Å². The number of hydrogen-bond donors (Lipinski definition) is 1. The van der Waals surface area contributed by atoms with E-state index >= 15 is 0 Å². The highest BCUT2D eigenvalue weighted by atomic mass is 32.1. The van der Waals surface area contributed by atoms with E-state index in [2.05, 4.69) is 4.99 Å². The number of benzene rings is 2. The number of aliphatic carboxylic acids is 1. The molecule has 5 nitrogen and oxygen atoms in total. The lowest BCUT2D eigenvalue weighted by atomic mass is 9.83. The second-order valence-electron chi connectivity index (χ2n) is 5.97. The van der Waals surface area contributed by atoms with Gasteiger partial charge in [0.25, 0.3) is 0 Å². The van der Waals surface area contributed by atoms with Crippen LogP contribution in [-0.2, 0) is 4.79 Å².